The zero-order valence-electron chi connectivity index (χ0n) is 10.3. The number of halogens is 1. The minimum absolute atomic E-state index is 0.744. The SMILES string of the molecule is COc1ccc(Br)c(CN2CCSC(C)C2)c1. The molecule has 1 saturated heterocycles. The van der Waals surface area contributed by atoms with Crippen LogP contribution in [0.1, 0.15) is 12.5 Å². The summed E-state index contributed by atoms with van der Waals surface area (Å²) < 4.78 is 6.45. The number of rotatable bonds is 3. The first-order valence-corrected chi connectivity index (χ1v) is 7.69. The second kappa shape index (κ2) is 6.12. The molecule has 1 heterocycles. The maximum Gasteiger partial charge on any atom is 0.119 e. The van der Waals surface area contributed by atoms with Crippen LogP contribution in [0.5, 0.6) is 5.75 Å². The summed E-state index contributed by atoms with van der Waals surface area (Å²) in [4.78, 5) is 2.51. The lowest BCUT2D eigenvalue weighted by Crippen LogP contribution is -2.36. The number of methoxy groups -OCH3 is 1. The quantitative estimate of drug-likeness (QED) is 0.848. The Kier molecular flexibility index (Phi) is 4.77. The van der Waals surface area contributed by atoms with Crippen LogP contribution >= 0.6 is 27.7 Å². The summed E-state index contributed by atoms with van der Waals surface area (Å²) in [6.45, 7) is 5.66. The van der Waals surface area contributed by atoms with E-state index in [4.69, 9.17) is 4.74 Å². The van der Waals surface area contributed by atoms with E-state index in [2.05, 4.69) is 51.6 Å². The number of ether oxygens (including phenoxy) is 1. The molecule has 1 atom stereocenters. The molecule has 0 amide bonds. The minimum atomic E-state index is 0.744. The molecule has 0 bridgehead atoms. The topological polar surface area (TPSA) is 12.5 Å². The van der Waals surface area contributed by atoms with Gasteiger partial charge in [-0.25, -0.2) is 0 Å². The number of hydrogen-bond donors (Lipinski definition) is 0. The first-order valence-electron chi connectivity index (χ1n) is 5.85. The van der Waals surface area contributed by atoms with E-state index in [1.54, 1.807) is 7.11 Å². The van der Waals surface area contributed by atoms with Crippen LogP contribution in [-0.2, 0) is 6.54 Å². The third-order valence-corrected chi connectivity index (χ3v) is 4.88. The second-order valence-corrected chi connectivity index (χ2v) is 6.77. The van der Waals surface area contributed by atoms with Crippen molar-refractivity contribution in [3.05, 3.63) is 28.2 Å². The Bertz CT molecular complexity index is 386. The van der Waals surface area contributed by atoms with Crippen molar-refractivity contribution in [3.63, 3.8) is 0 Å². The number of nitrogens with zero attached hydrogens (tertiary/aromatic N) is 1. The normalized spacial score (nSPS) is 21.5. The Morgan fingerprint density at radius 2 is 2.35 bits per heavy atom. The van der Waals surface area contributed by atoms with Gasteiger partial charge >= 0.3 is 0 Å². The second-order valence-electron chi connectivity index (χ2n) is 4.37. The Labute approximate surface area is 116 Å². The molecule has 1 aliphatic rings. The molecule has 2 nitrogen and oxygen atoms in total. The van der Waals surface area contributed by atoms with Gasteiger partial charge in [0.2, 0.25) is 0 Å². The largest absolute Gasteiger partial charge is 0.497 e. The minimum Gasteiger partial charge on any atom is -0.497 e. The maximum absolute atomic E-state index is 5.28. The number of thioether (sulfide) groups is 1. The highest BCUT2D eigenvalue weighted by Gasteiger charge is 2.17. The molecular formula is C13H18BrNOS. The van der Waals surface area contributed by atoms with Crippen molar-refractivity contribution in [2.45, 2.75) is 18.7 Å². The third-order valence-electron chi connectivity index (χ3n) is 2.97. The van der Waals surface area contributed by atoms with Crippen LogP contribution in [0.3, 0.4) is 0 Å². The summed E-state index contributed by atoms with van der Waals surface area (Å²) in [6.07, 6.45) is 0. The van der Waals surface area contributed by atoms with Crippen molar-refractivity contribution in [2.75, 3.05) is 26.0 Å². The highest BCUT2D eigenvalue weighted by Crippen LogP contribution is 2.26. The van der Waals surface area contributed by atoms with Gasteiger partial charge in [0.15, 0.2) is 0 Å². The monoisotopic (exact) mass is 315 g/mol. The zero-order chi connectivity index (χ0) is 12.3. The highest BCUT2D eigenvalue weighted by molar-refractivity contribution is 9.10. The molecule has 2 rings (SSSR count). The Morgan fingerprint density at radius 3 is 3.06 bits per heavy atom. The van der Waals surface area contributed by atoms with Crippen LogP contribution in [-0.4, -0.2) is 36.1 Å². The van der Waals surface area contributed by atoms with Gasteiger partial charge in [-0.15, -0.1) is 0 Å². The van der Waals surface area contributed by atoms with Crippen LogP contribution in [0.2, 0.25) is 0 Å². The molecule has 0 aliphatic carbocycles. The molecule has 1 fully saturated rings. The predicted octanol–water partition coefficient (Wildman–Crippen LogP) is 3.40. The van der Waals surface area contributed by atoms with E-state index in [1.807, 2.05) is 6.07 Å². The molecular weight excluding hydrogens is 298 g/mol. The summed E-state index contributed by atoms with van der Waals surface area (Å²) in [5, 5.41) is 0.744. The van der Waals surface area contributed by atoms with Crippen molar-refractivity contribution in [1.82, 2.24) is 4.90 Å². The van der Waals surface area contributed by atoms with Gasteiger partial charge in [0, 0.05) is 35.1 Å². The average Bonchev–Trinajstić information content (AvgIpc) is 2.32. The van der Waals surface area contributed by atoms with Gasteiger partial charge in [0.25, 0.3) is 0 Å². The fourth-order valence-corrected chi connectivity index (χ4v) is 3.53. The number of benzene rings is 1. The zero-order valence-corrected chi connectivity index (χ0v) is 12.7. The molecule has 0 N–H and O–H groups in total. The summed E-state index contributed by atoms with van der Waals surface area (Å²) in [5.41, 5.74) is 1.31. The van der Waals surface area contributed by atoms with Crippen LogP contribution < -0.4 is 4.74 Å². The van der Waals surface area contributed by atoms with Crippen molar-refractivity contribution in [3.8, 4) is 5.75 Å². The van der Waals surface area contributed by atoms with Gasteiger partial charge in [-0.3, -0.25) is 4.90 Å². The molecule has 1 aromatic carbocycles. The molecule has 1 aromatic rings. The molecule has 0 spiro atoms. The lowest BCUT2D eigenvalue weighted by Gasteiger charge is -2.30. The van der Waals surface area contributed by atoms with Gasteiger partial charge in [0.1, 0.15) is 5.75 Å². The Hall–Kier alpha value is -0.190. The fraction of sp³-hybridized carbons (Fsp3) is 0.538. The van der Waals surface area contributed by atoms with E-state index in [0.29, 0.717) is 0 Å². The van der Waals surface area contributed by atoms with Gasteiger partial charge in [-0.05, 0) is 23.8 Å². The summed E-state index contributed by atoms with van der Waals surface area (Å²) in [7, 11) is 1.71. The van der Waals surface area contributed by atoms with Crippen molar-refractivity contribution >= 4 is 27.7 Å². The van der Waals surface area contributed by atoms with E-state index in [0.717, 1.165) is 17.5 Å². The fourth-order valence-electron chi connectivity index (χ4n) is 2.07. The molecule has 1 aliphatic heterocycles. The molecule has 4 heteroatoms. The smallest absolute Gasteiger partial charge is 0.119 e. The third kappa shape index (κ3) is 3.63. The standard InChI is InChI=1S/C13H18BrNOS/c1-10-8-15(5-6-17-10)9-11-7-12(16-2)3-4-13(11)14/h3-4,7,10H,5-6,8-9H2,1-2H3. The van der Waals surface area contributed by atoms with E-state index >= 15 is 0 Å². The van der Waals surface area contributed by atoms with Crippen molar-refractivity contribution in [1.29, 1.82) is 0 Å². The lowest BCUT2D eigenvalue weighted by atomic mass is 10.2. The summed E-state index contributed by atoms with van der Waals surface area (Å²) in [6, 6.07) is 6.18. The molecule has 0 radical (unpaired) electrons. The Morgan fingerprint density at radius 1 is 1.53 bits per heavy atom. The van der Waals surface area contributed by atoms with Crippen molar-refractivity contribution < 1.29 is 4.74 Å². The van der Waals surface area contributed by atoms with E-state index in [1.165, 1.54) is 28.9 Å². The predicted molar refractivity (Wildman–Crippen MR) is 77.9 cm³/mol. The van der Waals surface area contributed by atoms with Crippen LogP contribution in [0, 0.1) is 0 Å². The van der Waals surface area contributed by atoms with Gasteiger partial charge in [0.05, 0.1) is 7.11 Å². The van der Waals surface area contributed by atoms with Gasteiger partial charge in [-0.1, -0.05) is 22.9 Å². The van der Waals surface area contributed by atoms with E-state index in [9.17, 15) is 0 Å². The average molecular weight is 316 g/mol. The van der Waals surface area contributed by atoms with Crippen LogP contribution in [0.15, 0.2) is 22.7 Å². The Balaban J connectivity index is 2.06. The van der Waals surface area contributed by atoms with Gasteiger partial charge < -0.3 is 4.74 Å². The van der Waals surface area contributed by atoms with Crippen LogP contribution in [0.4, 0.5) is 0 Å². The highest BCUT2D eigenvalue weighted by atomic mass is 79.9. The number of hydrogen-bond acceptors (Lipinski definition) is 3. The van der Waals surface area contributed by atoms with Crippen molar-refractivity contribution in [2.24, 2.45) is 0 Å². The maximum atomic E-state index is 5.28. The first-order chi connectivity index (χ1) is 8.19. The summed E-state index contributed by atoms with van der Waals surface area (Å²) >= 11 is 5.68. The first kappa shape index (κ1) is 13.2. The van der Waals surface area contributed by atoms with E-state index < -0.39 is 0 Å². The summed E-state index contributed by atoms with van der Waals surface area (Å²) in [5.74, 6) is 2.17. The molecule has 0 aromatic heterocycles. The lowest BCUT2D eigenvalue weighted by molar-refractivity contribution is 0.277. The van der Waals surface area contributed by atoms with Crippen LogP contribution in [0.25, 0.3) is 0 Å². The van der Waals surface area contributed by atoms with Gasteiger partial charge in [-0.2, -0.15) is 11.8 Å². The molecule has 17 heavy (non-hydrogen) atoms. The van der Waals surface area contributed by atoms with E-state index in [-0.39, 0.29) is 0 Å². The molecule has 94 valence electrons. The molecule has 1 unspecified atom stereocenters. The molecule has 0 saturated carbocycles.